The SMILES string of the molecule is CC1C2(c3ccc(F)cc3)OC(=N)C1(C#N)C(C#N)(C#N)C(c1ccccc1Cl)O2. The number of ether oxygens (including phenoxy) is 2. The topological polar surface area (TPSA) is 114 Å². The minimum Gasteiger partial charge on any atom is -0.443 e. The standard InChI is InChI=1S/C22H14ClFN4O2/c1-13-21(12-27)19(28)30-22(13,14-6-8-15(24)9-7-14)29-18(20(21,10-25)11-26)16-4-2-3-5-17(16)23/h2-9,13,18,28H,1H3. The molecule has 2 heterocycles. The van der Waals surface area contributed by atoms with E-state index in [1.807, 2.05) is 18.2 Å². The molecule has 0 spiro atoms. The van der Waals surface area contributed by atoms with Crippen LogP contribution in [0.1, 0.15) is 24.2 Å². The molecule has 0 radical (unpaired) electrons. The van der Waals surface area contributed by atoms with Gasteiger partial charge >= 0.3 is 0 Å². The van der Waals surface area contributed by atoms with Crippen LogP contribution in [-0.4, -0.2) is 5.90 Å². The van der Waals surface area contributed by atoms with Crippen LogP contribution in [0.4, 0.5) is 4.39 Å². The molecule has 2 bridgehead atoms. The van der Waals surface area contributed by atoms with Crippen LogP contribution in [0.25, 0.3) is 0 Å². The number of halogens is 2. The summed E-state index contributed by atoms with van der Waals surface area (Å²) in [6.07, 6.45) is -1.30. The highest BCUT2D eigenvalue weighted by atomic mass is 35.5. The molecule has 8 heteroatoms. The lowest BCUT2D eigenvalue weighted by molar-refractivity contribution is -0.288. The van der Waals surface area contributed by atoms with E-state index in [4.69, 9.17) is 26.5 Å². The zero-order valence-corrected chi connectivity index (χ0v) is 16.4. The Kier molecular flexibility index (Phi) is 4.33. The Morgan fingerprint density at radius 2 is 1.67 bits per heavy atom. The summed E-state index contributed by atoms with van der Waals surface area (Å²) in [6.45, 7) is 1.58. The summed E-state index contributed by atoms with van der Waals surface area (Å²) in [5.41, 5.74) is -3.37. The van der Waals surface area contributed by atoms with E-state index >= 15 is 0 Å². The summed E-state index contributed by atoms with van der Waals surface area (Å²) in [5, 5.41) is 39.3. The minimum atomic E-state index is -2.11. The largest absolute Gasteiger partial charge is 0.443 e. The number of hydrogen-bond acceptors (Lipinski definition) is 6. The van der Waals surface area contributed by atoms with E-state index in [2.05, 4.69) is 0 Å². The molecule has 0 aromatic heterocycles. The number of nitriles is 3. The fraction of sp³-hybridized carbons (Fsp3) is 0.273. The van der Waals surface area contributed by atoms with Crippen molar-refractivity contribution in [2.45, 2.75) is 18.8 Å². The van der Waals surface area contributed by atoms with Crippen molar-refractivity contribution in [3.63, 3.8) is 0 Å². The third-order valence-electron chi connectivity index (χ3n) is 6.10. The first-order valence-electron chi connectivity index (χ1n) is 9.03. The van der Waals surface area contributed by atoms with Crippen LogP contribution in [0.2, 0.25) is 5.02 Å². The van der Waals surface area contributed by atoms with Gasteiger partial charge in [-0.05, 0) is 30.3 Å². The van der Waals surface area contributed by atoms with Crippen molar-refractivity contribution in [1.82, 2.24) is 0 Å². The van der Waals surface area contributed by atoms with Crippen LogP contribution < -0.4 is 0 Å². The summed E-state index contributed by atoms with van der Waals surface area (Å²) in [6, 6.07) is 17.7. The van der Waals surface area contributed by atoms with Crippen molar-refractivity contribution in [1.29, 1.82) is 21.2 Å². The van der Waals surface area contributed by atoms with Crippen molar-refractivity contribution in [3.05, 3.63) is 70.5 Å². The molecule has 2 aromatic rings. The lowest BCUT2D eigenvalue weighted by atomic mass is 9.53. The van der Waals surface area contributed by atoms with Crippen molar-refractivity contribution in [2.24, 2.45) is 16.7 Å². The van der Waals surface area contributed by atoms with Crippen molar-refractivity contribution >= 4 is 17.5 Å². The van der Waals surface area contributed by atoms with E-state index in [1.165, 1.54) is 24.3 Å². The maximum absolute atomic E-state index is 13.6. The molecule has 2 aromatic carbocycles. The van der Waals surface area contributed by atoms with E-state index in [-0.39, 0.29) is 5.02 Å². The van der Waals surface area contributed by atoms with Gasteiger partial charge in [-0.15, -0.1) is 0 Å². The highest BCUT2D eigenvalue weighted by Crippen LogP contribution is 2.69. The van der Waals surface area contributed by atoms with Crippen LogP contribution in [0.3, 0.4) is 0 Å². The number of rotatable bonds is 2. The Morgan fingerprint density at radius 1 is 1.03 bits per heavy atom. The molecule has 0 amide bonds. The van der Waals surface area contributed by atoms with Gasteiger partial charge in [-0.1, -0.05) is 36.7 Å². The van der Waals surface area contributed by atoms with Crippen LogP contribution >= 0.6 is 11.6 Å². The van der Waals surface area contributed by atoms with Gasteiger partial charge in [0.15, 0.2) is 5.41 Å². The van der Waals surface area contributed by atoms with Crippen molar-refractivity contribution < 1.29 is 13.9 Å². The molecule has 2 saturated heterocycles. The van der Waals surface area contributed by atoms with Gasteiger partial charge in [-0.25, -0.2) is 4.39 Å². The maximum Gasteiger partial charge on any atom is 0.244 e. The fourth-order valence-corrected chi connectivity index (χ4v) is 4.75. The van der Waals surface area contributed by atoms with Gasteiger partial charge in [0.05, 0.1) is 24.1 Å². The Balaban J connectivity index is 2.06. The Bertz CT molecular complexity index is 1170. The second-order valence-electron chi connectivity index (χ2n) is 7.30. The number of nitrogens with zero attached hydrogens (tertiary/aromatic N) is 3. The second-order valence-corrected chi connectivity index (χ2v) is 7.71. The number of nitrogens with one attached hydrogen (secondary N) is 1. The lowest BCUT2D eigenvalue weighted by Gasteiger charge is -2.48. The first-order chi connectivity index (χ1) is 14.3. The van der Waals surface area contributed by atoms with E-state index in [0.717, 1.165) is 0 Å². The first-order valence-corrected chi connectivity index (χ1v) is 9.41. The molecule has 0 saturated carbocycles. The van der Waals surface area contributed by atoms with Crippen LogP contribution in [0, 0.1) is 62.0 Å². The van der Waals surface area contributed by atoms with Crippen molar-refractivity contribution in [3.8, 4) is 18.2 Å². The normalized spacial score (nSPS) is 31.1. The van der Waals surface area contributed by atoms with Crippen LogP contribution in [0.15, 0.2) is 48.5 Å². The lowest BCUT2D eigenvalue weighted by Crippen LogP contribution is -2.57. The number of fused-ring (bicyclic) bond motifs is 2. The van der Waals surface area contributed by atoms with Crippen LogP contribution in [0.5, 0.6) is 0 Å². The van der Waals surface area contributed by atoms with E-state index in [0.29, 0.717) is 11.1 Å². The Morgan fingerprint density at radius 3 is 2.23 bits per heavy atom. The second kappa shape index (κ2) is 6.54. The van der Waals surface area contributed by atoms with Gasteiger partial charge in [0.2, 0.25) is 17.1 Å². The third-order valence-corrected chi connectivity index (χ3v) is 6.45. The summed E-state index contributed by atoms with van der Waals surface area (Å²) in [7, 11) is 0. The molecule has 148 valence electrons. The van der Waals surface area contributed by atoms with Crippen molar-refractivity contribution in [2.75, 3.05) is 0 Å². The number of benzene rings is 2. The zero-order chi connectivity index (χ0) is 21.7. The highest BCUT2D eigenvalue weighted by Gasteiger charge is 2.79. The fourth-order valence-electron chi connectivity index (χ4n) is 4.52. The zero-order valence-electron chi connectivity index (χ0n) is 15.7. The van der Waals surface area contributed by atoms with Gasteiger partial charge in [0, 0.05) is 16.1 Å². The Labute approximate surface area is 177 Å². The van der Waals surface area contributed by atoms with E-state index < -0.39 is 40.4 Å². The third kappa shape index (κ3) is 2.15. The average molecular weight is 421 g/mol. The van der Waals surface area contributed by atoms with Gasteiger partial charge in [-0.2, -0.15) is 15.8 Å². The smallest absolute Gasteiger partial charge is 0.244 e. The predicted octanol–water partition coefficient (Wildman–Crippen LogP) is 4.59. The monoisotopic (exact) mass is 420 g/mol. The molecule has 4 atom stereocenters. The molecular weight excluding hydrogens is 407 g/mol. The Hall–Kier alpha value is -3.44. The predicted molar refractivity (Wildman–Crippen MR) is 103 cm³/mol. The summed E-state index contributed by atoms with van der Waals surface area (Å²) in [5.74, 6) is -3.63. The van der Waals surface area contributed by atoms with Gasteiger partial charge < -0.3 is 9.47 Å². The molecule has 2 aliphatic heterocycles. The van der Waals surface area contributed by atoms with E-state index in [1.54, 1.807) is 31.2 Å². The molecule has 2 fully saturated rings. The first kappa shape index (κ1) is 19.9. The quantitative estimate of drug-likeness (QED) is 0.763. The molecule has 6 nitrogen and oxygen atoms in total. The molecule has 0 aliphatic carbocycles. The molecule has 30 heavy (non-hydrogen) atoms. The molecule has 4 unspecified atom stereocenters. The molecule has 1 N–H and O–H groups in total. The summed E-state index contributed by atoms with van der Waals surface area (Å²) < 4.78 is 25.7. The molecular formula is C22H14ClFN4O2. The van der Waals surface area contributed by atoms with E-state index in [9.17, 15) is 20.2 Å². The van der Waals surface area contributed by atoms with Gasteiger partial charge in [0.25, 0.3) is 0 Å². The minimum absolute atomic E-state index is 0.236. The summed E-state index contributed by atoms with van der Waals surface area (Å²) >= 11 is 6.36. The van der Waals surface area contributed by atoms with Gasteiger partial charge in [-0.3, -0.25) is 5.41 Å². The van der Waals surface area contributed by atoms with Gasteiger partial charge in [0.1, 0.15) is 11.9 Å². The average Bonchev–Trinajstić information content (AvgIpc) is 2.91. The van der Waals surface area contributed by atoms with Crippen LogP contribution in [-0.2, 0) is 15.3 Å². The highest BCUT2D eigenvalue weighted by molar-refractivity contribution is 6.31. The molecule has 4 rings (SSSR count). The number of hydrogen-bond donors (Lipinski definition) is 1. The molecule has 2 aliphatic rings. The summed E-state index contributed by atoms with van der Waals surface area (Å²) in [4.78, 5) is 0. The maximum atomic E-state index is 13.6.